The van der Waals surface area contributed by atoms with Gasteiger partial charge in [-0.25, -0.2) is 0 Å². The number of hydrogen-bond acceptors (Lipinski definition) is 1. The quantitative estimate of drug-likeness (QED) is 0.749. The van der Waals surface area contributed by atoms with Crippen molar-refractivity contribution < 1.29 is 5.11 Å². The third-order valence-corrected chi connectivity index (χ3v) is 4.13. The van der Waals surface area contributed by atoms with E-state index >= 15 is 0 Å². The molecule has 1 nitrogen and oxygen atoms in total. The van der Waals surface area contributed by atoms with Crippen LogP contribution in [0.25, 0.3) is 0 Å². The summed E-state index contributed by atoms with van der Waals surface area (Å²) in [6, 6.07) is 0. The van der Waals surface area contributed by atoms with Crippen molar-refractivity contribution in [1.29, 1.82) is 0 Å². The Morgan fingerprint density at radius 2 is 1.67 bits per heavy atom. The van der Waals surface area contributed by atoms with Gasteiger partial charge in [0.05, 0.1) is 6.10 Å². The summed E-state index contributed by atoms with van der Waals surface area (Å²) < 4.78 is 0. The standard InChI is InChI=1S/C14H28O/c1-5-6-13(15)11-7-9-12(10-8-11)14(2,3)4/h11-13,15H,5-10H2,1-4H3/t11?,12?,13-/m1/s1. The van der Waals surface area contributed by atoms with Gasteiger partial charge in [0.25, 0.3) is 0 Å². The highest BCUT2D eigenvalue weighted by Gasteiger charge is 2.31. The van der Waals surface area contributed by atoms with Gasteiger partial charge in [-0.3, -0.25) is 0 Å². The molecule has 0 unspecified atom stereocenters. The van der Waals surface area contributed by atoms with Crippen molar-refractivity contribution in [1.82, 2.24) is 0 Å². The van der Waals surface area contributed by atoms with Crippen molar-refractivity contribution in [2.45, 2.75) is 72.3 Å². The van der Waals surface area contributed by atoms with Crippen LogP contribution in [-0.4, -0.2) is 11.2 Å². The van der Waals surface area contributed by atoms with E-state index in [1.54, 1.807) is 0 Å². The highest BCUT2D eigenvalue weighted by atomic mass is 16.3. The van der Waals surface area contributed by atoms with Gasteiger partial charge in [-0.15, -0.1) is 0 Å². The summed E-state index contributed by atoms with van der Waals surface area (Å²) in [4.78, 5) is 0. The molecule has 1 saturated carbocycles. The fourth-order valence-corrected chi connectivity index (χ4v) is 2.90. The Balaban J connectivity index is 2.36. The molecule has 1 aliphatic rings. The topological polar surface area (TPSA) is 20.2 Å². The number of rotatable bonds is 3. The van der Waals surface area contributed by atoms with Gasteiger partial charge in [-0.05, 0) is 49.4 Å². The molecule has 0 aromatic heterocycles. The van der Waals surface area contributed by atoms with E-state index in [1.807, 2.05) is 0 Å². The molecule has 15 heavy (non-hydrogen) atoms. The van der Waals surface area contributed by atoms with Crippen molar-refractivity contribution in [3.05, 3.63) is 0 Å². The lowest BCUT2D eigenvalue weighted by molar-refractivity contribution is 0.0477. The zero-order valence-corrected chi connectivity index (χ0v) is 10.9. The second-order valence-electron chi connectivity index (χ2n) is 6.33. The van der Waals surface area contributed by atoms with Gasteiger partial charge in [0.2, 0.25) is 0 Å². The maximum absolute atomic E-state index is 9.96. The molecule has 0 aromatic rings. The molecule has 1 rings (SSSR count). The zero-order valence-electron chi connectivity index (χ0n) is 10.9. The summed E-state index contributed by atoms with van der Waals surface area (Å²) in [5, 5.41) is 9.96. The largest absolute Gasteiger partial charge is 0.393 e. The molecule has 0 aromatic carbocycles. The van der Waals surface area contributed by atoms with Crippen LogP contribution in [0.1, 0.15) is 66.2 Å². The van der Waals surface area contributed by atoms with E-state index < -0.39 is 0 Å². The van der Waals surface area contributed by atoms with E-state index in [1.165, 1.54) is 25.7 Å². The van der Waals surface area contributed by atoms with Gasteiger partial charge in [-0.2, -0.15) is 0 Å². The highest BCUT2D eigenvalue weighted by molar-refractivity contribution is 4.82. The monoisotopic (exact) mass is 212 g/mol. The Hall–Kier alpha value is -0.0400. The molecule has 0 saturated heterocycles. The predicted octanol–water partition coefficient (Wildman–Crippen LogP) is 4.00. The first-order chi connectivity index (χ1) is 6.95. The summed E-state index contributed by atoms with van der Waals surface area (Å²) in [6.07, 6.45) is 7.18. The fourth-order valence-electron chi connectivity index (χ4n) is 2.90. The Bertz CT molecular complexity index is 172. The van der Waals surface area contributed by atoms with Crippen LogP contribution >= 0.6 is 0 Å². The average molecular weight is 212 g/mol. The lowest BCUT2D eigenvalue weighted by Gasteiger charge is -2.38. The summed E-state index contributed by atoms with van der Waals surface area (Å²) in [5.74, 6) is 1.45. The molecule has 0 bridgehead atoms. The van der Waals surface area contributed by atoms with E-state index in [2.05, 4.69) is 27.7 Å². The molecule has 1 N–H and O–H groups in total. The van der Waals surface area contributed by atoms with E-state index in [0.29, 0.717) is 11.3 Å². The molecule has 1 fully saturated rings. The van der Waals surface area contributed by atoms with E-state index in [-0.39, 0.29) is 6.10 Å². The van der Waals surface area contributed by atoms with Crippen molar-refractivity contribution in [2.24, 2.45) is 17.3 Å². The van der Waals surface area contributed by atoms with Crippen molar-refractivity contribution in [3.8, 4) is 0 Å². The SMILES string of the molecule is CCC[C@@H](O)C1CCC(C(C)(C)C)CC1. The fraction of sp³-hybridized carbons (Fsp3) is 1.00. The minimum absolute atomic E-state index is 0.0316. The van der Waals surface area contributed by atoms with Gasteiger partial charge in [-0.1, -0.05) is 34.1 Å². The van der Waals surface area contributed by atoms with E-state index in [0.717, 1.165) is 18.8 Å². The van der Waals surface area contributed by atoms with Crippen LogP contribution in [0.15, 0.2) is 0 Å². The van der Waals surface area contributed by atoms with Crippen molar-refractivity contribution >= 4 is 0 Å². The Kier molecular flexibility index (Phi) is 4.64. The van der Waals surface area contributed by atoms with Gasteiger partial charge in [0.1, 0.15) is 0 Å². The number of aliphatic hydroxyl groups is 1. The Morgan fingerprint density at radius 3 is 2.07 bits per heavy atom. The second-order valence-corrected chi connectivity index (χ2v) is 6.33. The zero-order chi connectivity index (χ0) is 11.5. The van der Waals surface area contributed by atoms with Gasteiger partial charge in [0, 0.05) is 0 Å². The van der Waals surface area contributed by atoms with Crippen LogP contribution in [0, 0.1) is 17.3 Å². The minimum Gasteiger partial charge on any atom is -0.393 e. The molecule has 0 aliphatic heterocycles. The maximum Gasteiger partial charge on any atom is 0.0568 e. The predicted molar refractivity (Wildman–Crippen MR) is 65.8 cm³/mol. The summed E-state index contributed by atoms with van der Waals surface area (Å²) in [5.41, 5.74) is 0.459. The highest BCUT2D eigenvalue weighted by Crippen LogP contribution is 2.41. The van der Waals surface area contributed by atoms with E-state index in [4.69, 9.17) is 0 Å². The van der Waals surface area contributed by atoms with Crippen LogP contribution in [-0.2, 0) is 0 Å². The average Bonchev–Trinajstić information content (AvgIpc) is 2.17. The molecular weight excluding hydrogens is 184 g/mol. The molecular formula is C14H28O. The molecule has 0 amide bonds. The normalized spacial score (nSPS) is 30.2. The third-order valence-electron chi connectivity index (χ3n) is 4.13. The molecule has 0 spiro atoms. The molecule has 1 heteroatoms. The molecule has 90 valence electrons. The molecule has 1 aliphatic carbocycles. The van der Waals surface area contributed by atoms with Crippen LogP contribution in [0.4, 0.5) is 0 Å². The Morgan fingerprint density at radius 1 is 1.13 bits per heavy atom. The first kappa shape index (κ1) is 13.0. The first-order valence-electron chi connectivity index (χ1n) is 6.63. The van der Waals surface area contributed by atoms with Crippen LogP contribution in [0.2, 0.25) is 0 Å². The van der Waals surface area contributed by atoms with E-state index in [9.17, 15) is 5.11 Å². The van der Waals surface area contributed by atoms with Gasteiger partial charge in [0.15, 0.2) is 0 Å². The first-order valence-corrected chi connectivity index (χ1v) is 6.63. The smallest absolute Gasteiger partial charge is 0.0568 e. The summed E-state index contributed by atoms with van der Waals surface area (Å²) in [6.45, 7) is 9.20. The number of aliphatic hydroxyl groups excluding tert-OH is 1. The third kappa shape index (κ3) is 3.79. The maximum atomic E-state index is 9.96. The molecule has 1 atom stereocenters. The summed E-state index contributed by atoms with van der Waals surface area (Å²) in [7, 11) is 0. The van der Waals surface area contributed by atoms with Crippen molar-refractivity contribution in [3.63, 3.8) is 0 Å². The minimum atomic E-state index is -0.0316. The lowest BCUT2D eigenvalue weighted by atomic mass is 9.68. The van der Waals surface area contributed by atoms with Gasteiger partial charge < -0.3 is 5.11 Å². The molecule has 0 heterocycles. The lowest BCUT2D eigenvalue weighted by Crippen LogP contribution is -2.30. The Labute approximate surface area is 95.3 Å². The van der Waals surface area contributed by atoms with Crippen LogP contribution < -0.4 is 0 Å². The number of hydrogen-bond donors (Lipinski definition) is 1. The second kappa shape index (κ2) is 5.34. The molecule has 0 radical (unpaired) electrons. The van der Waals surface area contributed by atoms with Crippen molar-refractivity contribution in [2.75, 3.05) is 0 Å². The summed E-state index contributed by atoms with van der Waals surface area (Å²) >= 11 is 0. The van der Waals surface area contributed by atoms with Crippen LogP contribution in [0.3, 0.4) is 0 Å². The van der Waals surface area contributed by atoms with Crippen LogP contribution in [0.5, 0.6) is 0 Å². The van der Waals surface area contributed by atoms with Gasteiger partial charge >= 0.3 is 0 Å².